The second-order valence-corrected chi connectivity index (χ2v) is 9.19. The number of phenols is 3. The molecule has 0 amide bonds. The number of phenolic OH excluding ortho intramolecular Hbond substituents is 3. The van der Waals surface area contributed by atoms with E-state index in [9.17, 15) is 34.8 Å². The highest BCUT2D eigenvalue weighted by molar-refractivity contribution is 6.04. The van der Waals surface area contributed by atoms with Gasteiger partial charge in [0, 0.05) is 26.0 Å². The summed E-state index contributed by atoms with van der Waals surface area (Å²) in [5.74, 6) is -3.67. The predicted octanol–water partition coefficient (Wildman–Crippen LogP) is 2.14. The number of aliphatic hydroxyl groups is 1. The summed E-state index contributed by atoms with van der Waals surface area (Å²) in [6, 6.07) is 8.20. The van der Waals surface area contributed by atoms with Gasteiger partial charge in [0.05, 0.1) is 18.1 Å². The Balaban J connectivity index is 1.70. The highest BCUT2D eigenvalue weighted by Gasteiger charge is 2.50. The van der Waals surface area contributed by atoms with Crippen molar-refractivity contribution in [3.63, 3.8) is 0 Å². The third kappa shape index (κ3) is 5.32. The molecule has 0 bridgehead atoms. The average Bonchev–Trinajstić information content (AvgIpc) is 2.80. The van der Waals surface area contributed by atoms with Gasteiger partial charge in [-0.2, -0.15) is 0 Å². The molecule has 1 fully saturated rings. The normalized spacial score (nSPS) is 29.1. The van der Waals surface area contributed by atoms with Gasteiger partial charge in [-0.1, -0.05) is 12.1 Å². The van der Waals surface area contributed by atoms with E-state index in [1.54, 1.807) is 19.1 Å². The van der Waals surface area contributed by atoms with E-state index in [2.05, 4.69) is 0 Å². The lowest BCUT2D eigenvalue weighted by Crippen LogP contribution is -2.60. The molecule has 2 aromatic carbocycles. The van der Waals surface area contributed by atoms with Gasteiger partial charge in [0.2, 0.25) is 0 Å². The van der Waals surface area contributed by atoms with Gasteiger partial charge in [0.15, 0.2) is 18.0 Å². The zero-order chi connectivity index (χ0) is 27.0. The van der Waals surface area contributed by atoms with E-state index < -0.39 is 66.0 Å². The molecule has 11 heteroatoms. The lowest BCUT2D eigenvalue weighted by molar-refractivity contribution is -0.239. The Bertz CT molecular complexity index is 1190. The molecule has 2 aromatic rings. The number of aliphatic hydroxyl groups excluding tert-OH is 1. The van der Waals surface area contributed by atoms with E-state index >= 15 is 0 Å². The third-order valence-corrected chi connectivity index (χ3v) is 6.47. The van der Waals surface area contributed by atoms with E-state index in [0.29, 0.717) is 5.56 Å². The smallest absolute Gasteiger partial charge is 0.303 e. The van der Waals surface area contributed by atoms with Crippen LogP contribution in [0.1, 0.15) is 49.2 Å². The minimum atomic E-state index is -1.47. The highest BCUT2D eigenvalue weighted by atomic mass is 16.6. The summed E-state index contributed by atoms with van der Waals surface area (Å²) < 4.78 is 22.5. The number of hydrogen-bond acceptors (Lipinski definition) is 11. The van der Waals surface area contributed by atoms with Crippen molar-refractivity contribution in [2.75, 3.05) is 0 Å². The molecule has 2 heterocycles. The van der Waals surface area contributed by atoms with Gasteiger partial charge < -0.3 is 39.4 Å². The molecular weight excluding hydrogens is 488 g/mol. The quantitative estimate of drug-likeness (QED) is 0.430. The van der Waals surface area contributed by atoms with Crippen molar-refractivity contribution in [1.82, 2.24) is 0 Å². The van der Waals surface area contributed by atoms with Crippen LogP contribution < -0.4 is 4.74 Å². The second kappa shape index (κ2) is 10.3. The summed E-state index contributed by atoms with van der Waals surface area (Å²) >= 11 is 0. The SMILES string of the molecule is CC(=O)O[C@@H]1[C@H](O)[C@@H](CC2C(=O)c3c(O)cc(O)cc3OC2c2ccc(O)cc2)O[C@H](C)[C@@H]1OC(C)=O. The maximum Gasteiger partial charge on any atom is 0.303 e. The summed E-state index contributed by atoms with van der Waals surface area (Å²) in [4.78, 5) is 37.0. The van der Waals surface area contributed by atoms with Crippen LogP contribution in [-0.2, 0) is 23.8 Å². The molecule has 4 N–H and O–H groups in total. The summed E-state index contributed by atoms with van der Waals surface area (Å²) in [6.07, 6.45) is -6.71. The lowest BCUT2D eigenvalue weighted by Gasteiger charge is -2.44. The van der Waals surface area contributed by atoms with Crippen LogP contribution >= 0.6 is 0 Å². The Hall–Kier alpha value is -3.83. The average molecular weight is 516 g/mol. The molecule has 37 heavy (non-hydrogen) atoms. The van der Waals surface area contributed by atoms with Crippen molar-refractivity contribution in [2.24, 2.45) is 5.92 Å². The molecule has 0 saturated carbocycles. The first-order valence-electron chi connectivity index (χ1n) is 11.7. The van der Waals surface area contributed by atoms with Crippen molar-refractivity contribution in [3.8, 4) is 23.0 Å². The molecule has 1 saturated heterocycles. The van der Waals surface area contributed by atoms with Crippen LogP contribution in [0.25, 0.3) is 0 Å². The third-order valence-electron chi connectivity index (χ3n) is 6.47. The minimum absolute atomic E-state index is 0.00118. The molecule has 4 rings (SSSR count). The van der Waals surface area contributed by atoms with Crippen molar-refractivity contribution in [1.29, 1.82) is 0 Å². The first-order valence-corrected chi connectivity index (χ1v) is 11.7. The molecular formula is C26H28O11. The van der Waals surface area contributed by atoms with Crippen molar-refractivity contribution < 1.29 is 53.8 Å². The number of benzene rings is 2. The van der Waals surface area contributed by atoms with Gasteiger partial charge in [-0.25, -0.2) is 0 Å². The molecule has 2 aliphatic rings. The zero-order valence-electron chi connectivity index (χ0n) is 20.4. The Morgan fingerprint density at radius 2 is 1.57 bits per heavy atom. The monoisotopic (exact) mass is 516 g/mol. The van der Waals surface area contributed by atoms with E-state index in [-0.39, 0.29) is 29.2 Å². The van der Waals surface area contributed by atoms with Crippen molar-refractivity contribution in [2.45, 2.75) is 63.8 Å². The number of fused-ring (bicyclic) bond motifs is 1. The highest BCUT2D eigenvalue weighted by Crippen LogP contribution is 2.46. The maximum absolute atomic E-state index is 13.7. The first kappa shape index (κ1) is 26.2. The van der Waals surface area contributed by atoms with E-state index in [0.717, 1.165) is 13.0 Å². The van der Waals surface area contributed by atoms with Crippen LogP contribution in [0.5, 0.6) is 23.0 Å². The fraction of sp³-hybridized carbons (Fsp3) is 0.423. The zero-order valence-corrected chi connectivity index (χ0v) is 20.4. The van der Waals surface area contributed by atoms with Crippen molar-refractivity contribution >= 4 is 17.7 Å². The largest absolute Gasteiger partial charge is 0.508 e. The Kier molecular flexibility index (Phi) is 7.28. The van der Waals surface area contributed by atoms with E-state index in [1.807, 2.05) is 0 Å². The molecule has 198 valence electrons. The molecule has 0 aromatic heterocycles. The predicted molar refractivity (Wildman–Crippen MR) is 125 cm³/mol. The molecule has 0 spiro atoms. The maximum atomic E-state index is 13.7. The van der Waals surface area contributed by atoms with Crippen molar-refractivity contribution in [3.05, 3.63) is 47.5 Å². The number of hydrogen-bond donors (Lipinski definition) is 4. The van der Waals surface area contributed by atoms with Crippen LogP contribution in [0.15, 0.2) is 36.4 Å². The molecule has 11 nitrogen and oxygen atoms in total. The first-order chi connectivity index (χ1) is 17.5. The van der Waals surface area contributed by atoms with Crippen LogP contribution in [0.2, 0.25) is 0 Å². The number of carbonyl (C=O) groups excluding carboxylic acids is 3. The summed E-state index contributed by atoms with van der Waals surface area (Å²) in [7, 11) is 0. The number of aromatic hydroxyl groups is 3. The fourth-order valence-corrected chi connectivity index (χ4v) is 4.90. The van der Waals surface area contributed by atoms with Gasteiger partial charge in [-0.3, -0.25) is 14.4 Å². The number of Topliss-reactive ketones (excluding diaryl/α,β-unsaturated/α-hetero) is 1. The summed E-state index contributed by atoms with van der Waals surface area (Å²) in [5.41, 5.74) is 0.378. The Morgan fingerprint density at radius 3 is 2.19 bits per heavy atom. The second-order valence-electron chi connectivity index (χ2n) is 9.19. The molecule has 2 aliphatic heterocycles. The van der Waals surface area contributed by atoms with Gasteiger partial charge >= 0.3 is 11.9 Å². The number of esters is 2. The van der Waals surface area contributed by atoms with E-state index in [1.165, 1.54) is 25.1 Å². The molecule has 2 unspecified atom stereocenters. The van der Waals surface area contributed by atoms with Gasteiger partial charge in [0.25, 0.3) is 0 Å². The van der Waals surface area contributed by atoms with Crippen LogP contribution in [0, 0.1) is 5.92 Å². The van der Waals surface area contributed by atoms with Crippen LogP contribution in [-0.4, -0.2) is 68.7 Å². The van der Waals surface area contributed by atoms with Crippen LogP contribution in [0.3, 0.4) is 0 Å². The summed E-state index contributed by atoms with van der Waals surface area (Å²) in [6.45, 7) is 3.92. The van der Waals surface area contributed by atoms with Gasteiger partial charge in [0.1, 0.15) is 40.8 Å². The molecule has 7 atom stereocenters. The minimum Gasteiger partial charge on any atom is -0.508 e. The van der Waals surface area contributed by atoms with E-state index in [4.69, 9.17) is 18.9 Å². The summed E-state index contributed by atoms with van der Waals surface area (Å²) in [5, 5.41) is 41.1. The van der Waals surface area contributed by atoms with Gasteiger partial charge in [-0.05, 0) is 31.0 Å². The number of ether oxygens (including phenoxy) is 4. The number of carbonyl (C=O) groups is 3. The molecule has 0 aliphatic carbocycles. The fourth-order valence-electron chi connectivity index (χ4n) is 4.90. The topological polar surface area (TPSA) is 169 Å². The standard InChI is InChI=1S/C26H28O11/c1-11-24(35-12(2)27)26(36-13(3)28)23(33)20(34-11)10-17-22(32)21-18(31)8-16(30)9-19(21)37-25(17)14-4-6-15(29)7-5-14/h4-9,11,17,20,23-26,29-31,33H,10H2,1-3H3/t11-,17?,20-,23-,24+,25?,26-/m1/s1. The lowest BCUT2D eigenvalue weighted by atomic mass is 9.79. The van der Waals surface area contributed by atoms with Crippen LogP contribution in [0.4, 0.5) is 0 Å². The Labute approximate surface area is 212 Å². The Morgan fingerprint density at radius 1 is 0.946 bits per heavy atom. The number of rotatable bonds is 5. The van der Waals surface area contributed by atoms with Gasteiger partial charge in [-0.15, -0.1) is 0 Å². The molecule has 0 radical (unpaired) electrons. The number of ketones is 1.